The van der Waals surface area contributed by atoms with Crippen molar-refractivity contribution in [2.45, 2.75) is 26.9 Å². The predicted octanol–water partition coefficient (Wildman–Crippen LogP) is 4.97. The first kappa shape index (κ1) is 20.8. The van der Waals surface area contributed by atoms with Crippen LogP contribution in [0.1, 0.15) is 23.6 Å². The summed E-state index contributed by atoms with van der Waals surface area (Å²) in [6.45, 7) is 4.74. The number of hydrogen-bond donors (Lipinski definition) is 1. The number of halogens is 4. The Labute approximate surface area is 159 Å². The number of rotatable bonds is 4. The van der Waals surface area contributed by atoms with E-state index in [4.69, 9.17) is 11.6 Å². The van der Waals surface area contributed by atoms with Crippen LogP contribution in [-0.2, 0) is 15.8 Å². The van der Waals surface area contributed by atoms with E-state index in [1.165, 1.54) is 11.8 Å². The van der Waals surface area contributed by atoms with Crippen molar-refractivity contribution in [3.8, 4) is 0 Å². The number of aryl methyl sites for hydroxylation is 2. The summed E-state index contributed by atoms with van der Waals surface area (Å²) in [5.41, 5.74) is 1.40. The van der Waals surface area contributed by atoms with Gasteiger partial charge in [-0.15, -0.1) is 0 Å². The number of anilines is 2. The minimum atomic E-state index is -4.56. The molecular weight excluding hydrogens is 381 g/mol. The summed E-state index contributed by atoms with van der Waals surface area (Å²) >= 11 is 5.88. The van der Waals surface area contributed by atoms with Crippen molar-refractivity contribution in [3.63, 3.8) is 0 Å². The van der Waals surface area contributed by atoms with Gasteiger partial charge in [-0.05, 0) is 55.3 Å². The SMILES string of the molecule is CC(=O)N(CC(=O)Nc1cc(C(F)(F)F)ccc1Cl)c1ccc(C)c(C)c1. The number of carbonyl (C=O) groups is 2. The lowest BCUT2D eigenvalue weighted by atomic mass is 10.1. The van der Waals surface area contributed by atoms with Crippen LogP contribution in [-0.4, -0.2) is 18.4 Å². The highest BCUT2D eigenvalue weighted by Gasteiger charge is 2.31. The van der Waals surface area contributed by atoms with Gasteiger partial charge in [0.05, 0.1) is 16.3 Å². The number of amides is 2. The second-order valence-corrected chi connectivity index (χ2v) is 6.52. The molecule has 144 valence electrons. The molecule has 0 heterocycles. The van der Waals surface area contributed by atoms with Crippen molar-refractivity contribution in [3.05, 3.63) is 58.1 Å². The number of carbonyl (C=O) groups excluding carboxylic acids is 2. The van der Waals surface area contributed by atoms with Gasteiger partial charge in [-0.3, -0.25) is 9.59 Å². The fourth-order valence-corrected chi connectivity index (χ4v) is 2.57. The van der Waals surface area contributed by atoms with Crippen LogP contribution in [0, 0.1) is 13.8 Å². The molecule has 2 aromatic carbocycles. The summed E-state index contributed by atoms with van der Waals surface area (Å²) in [6.07, 6.45) is -4.56. The summed E-state index contributed by atoms with van der Waals surface area (Å²) in [5.74, 6) is -1.03. The van der Waals surface area contributed by atoms with Gasteiger partial charge in [-0.25, -0.2) is 0 Å². The molecular formula is C19H18ClF3N2O2. The van der Waals surface area contributed by atoms with Gasteiger partial charge < -0.3 is 10.2 Å². The Bertz CT molecular complexity index is 882. The van der Waals surface area contributed by atoms with E-state index in [-0.39, 0.29) is 23.2 Å². The topological polar surface area (TPSA) is 49.4 Å². The molecule has 0 radical (unpaired) electrons. The molecule has 0 unspecified atom stereocenters. The lowest BCUT2D eigenvalue weighted by molar-refractivity contribution is -0.137. The standard InChI is InChI=1S/C19H18ClF3N2O2/c1-11-4-6-15(8-12(11)2)25(13(3)26)10-18(27)24-17-9-14(19(21,22)23)5-7-16(17)20/h4-9H,10H2,1-3H3,(H,24,27). The van der Waals surface area contributed by atoms with E-state index in [0.29, 0.717) is 5.69 Å². The van der Waals surface area contributed by atoms with Crippen LogP contribution in [0.4, 0.5) is 24.5 Å². The summed E-state index contributed by atoms with van der Waals surface area (Å²) < 4.78 is 38.5. The van der Waals surface area contributed by atoms with Gasteiger partial charge in [0.2, 0.25) is 11.8 Å². The summed E-state index contributed by atoms with van der Waals surface area (Å²) in [4.78, 5) is 25.5. The fourth-order valence-electron chi connectivity index (χ4n) is 2.41. The van der Waals surface area contributed by atoms with Crippen LogP contribution in [0.25, 0.3) is 0 Å². The lowest BCUT2D eigenvalue weighted by Crippen LogP contribution is -2.36. The van der Waals surface area contributed by atoms with Gasteiger partial charge in [-0.1, -0.05) is 17.7 Å². The van der Waals surface area contributed by atoms with E-state index < -0.39 is 17.6 Å². The van der Waals surface area contributed by atoms with Crippen molar-refractivity contribution in [2.24, 2.45) is 0 Å². The molecule has 1 N–H and O–H groups in total. The normalized spacial score (nSPS) is 11.2. The van der Waals surface area contributed by atoms with Crippen LogP contribution in [0.2, 0.25) is 5.02 Å². The monoisotopic (exact) mass is 398 g/mol. The van der Waals surface area contributed by atoms with Gasteiger partial charge in [0.1, 0.15) is 6.54 Å². The molecule has 0 saturated carbocycles. The van der Waals surface area contributed by atoms with E-state index in [0.717, 1.165) is 29.3 Å². The molecule has 0 atom stereocenters. The molecule has 2 amide bonds. The second kappa shape index (κ2) is 8.00. The Morgan fingerprint density at radius 2 is 1.74 bits per heavy atom. The third kappa shape index (κ3) is 5.23. The minimum absolute atomic E-state index is 0.0306. The Morgan fingerprint density at radius 1 is 1.07 bits per heavy atom. The molecule has 8 heteroatoms. The number of alkyl halides is 3. The van der Waals surface area contributed by atoms with E-state index in [9.17, 15) is 22.8 Å². The molecule has 0 spiro atoms. The molecule has 0 aliphatic carbocycles. The quantitative estimate of drug-likeness (QED) is 0.790. The van der Waals surface area contributed by atoms with Gasteiger partial charge >= 0.3 is 6.18 Å². The van der Waals surface area contributed by atoms with Crippen LogP contribution >= 0.6 is 11.6 Å². The average molecular weight is 399 g/mol. The lowest BCUT2D eigenvalue weighted by Gasteiger charge is -2.22. The molecule has 2 rings (SSSR count). The highest BCUT2D eigenvalue weighted by molar-refractivity contribution is 6.33. The molecule has 27 heavy (non-hydrogen) atoms. The summed E-state index contributed by atoms with van der Waals surface area (Å²) in [7, 11) is 0. The first-order valence-corrected chi connectivity index (χ1v) is 8.39. The highest BCUT2D eigenvalue weighted by Crippen LogP contribution is 2.33. The number of nitrogens with one attached hydrogen (secondary N) is 1. The number of hydrogen-bond acceptors (Lipinski definition) is 2. The van der Waals surface area contributed by atoms with Crippen LogP contribution < -0.4 is 10.2 Å². The van der Waals surface area contributed by atoms with Crippen molar-refractivity contribution >= 4 is 34.8 Å². The van der Waals surface area contributed by atoms with Gasteiger partial charge in [-0.2, -0.15) is 13.2 Å². The van der Waals surface area contributed by atoms with E-state index in [1.807, 2.05) is 19.9 Å². The van der Waals surface area contributed by atoms with Crippen molar-refractivity contribution in [1.82, 2.24) is 0 Å². The van der Waals surface area contributed by atoms with Crippen LogP contribution in [0.5, 0.6) is 0 Å². The summed E-state index contributed by atoms with van der Waals surface area (Å²) in [5, 5.41) is 2.31. The third-order valence-corrected chi connectivity index (χ3v) is 4.38. The number of benzene rings is 2. The van der Waals surface area contributed by atoms with Gasteiger partial charge in [0, 0.05) is 12.6 Å². The number of nitrogens with zero attached hydrogens (tertiary/aromatic N) is 1. The minimum Gasteiger partial charge on any atom is -0.323 e. The molecule has 2 aromatic rings. The van der Waals surface area contributed by atoms with Crippen molar-refractivity contribution < 1.29 is 22.8 Å². The second-order valence-electron chi connectivity index (χ2n) is 6.11. The molecule has 4 nitrogen and oxygen atoms in total. The Balaban J connectivity index is 2.22. The molecule has 0 saturated heterocycles. The Hall–Kier alpha value is -2.54. The van der Waals surface area contributed by atoms with Crippen molar-refractivity contribution in [2.75, 3.05) is 16.8 Å². The zero-order chi connectivity index (χ0) is 20.4. The van der Waals surface area contributed by atoms with E-state index >= 15 is 0 Å². The van der Waals surface area contributed by atoms with E-state index in [1.54, 1.807) is 12.1 Å². The zero-order valence-corrected chi connectivity index (χ0v) is 15.7. The predicted molar refractivity (Wildman–Crippen MR) is 99.0 cm³/mol. The molecule has 0 bridgehead atoms. The van der Waals surface area contributed by atoms with Crippen LogP contribution in [0.15, 0.2) is 36.4 Å². The summed E-state index contributed by atoms with van der Waals surface area (Å²) in [6, 6.07) is 7.94. The van der Waals surface area contributed by atoms with E-state index in [2.05, 4.69) is 5.32 Å². The first-order valence-electron chi connectivity index (χ1n) is 8.01. The zero-order valence-electron chi connectivity index (χ0n) is 14.9. The van der Waals surface area contributed by atoms with Gasteiger partial charge in [0.15, 0.2) is 0 Å². The third-order valence-electron chi connectivity index (χ3n) is 4.05. The van der Waals surface area contributed by atoms with Crippen LogP contribution in [0.3, 0.4) is 0 Å². The first-order chi connectivity index (χ1) is 12.5. The Morgan fingerprint density at radius 3 is 2.30 bits per heavy atom. The highest BCUT2D eigenvalue weighted by atomic mass is 35.5. The maximum atomic E-state index is 12.8. The molecule has 0 fully saturated rings. The van der Waals surface area contributed by atoms with Crippen molar-refractivity contribution in [1.29, 1.82) is 0 Å². The van der Waals surface area contributed by atoms with Gasteiger partial charge in [0.25, 0.3) is 0 Å². The maximum absolute atomic E-state index is 12.8. The smallest absolute Gasteiger partial charge is 0.323 e. The fraction of sp³-hybridized carbons (Fsp3) is 0.263. The molecule has 0 aromatic heterocycles. The average Bonchev–Trinajstić information content (AvgIpc) is 2.56. The molecule has 0 aliphatic rings. The Kier molecular flexibility index (Phi) is 6.15. The maximum Gasteiger partial charge on any atom is 0.416 e. The molecule has 0 aliphatic heterocycles. The largest absolute Gasteiger partial charge is 0.416 e.